The molecule has 4 rings (SSSR count). The van der Waals surface area contributed by atoms with Gasteiger partial charge in [0.05, 0.1) is 4.90 Å². The van der Waals surface area contributed by atoms with Gasteiger partial charge in [-0.2, -0.15) is 4.98 Å². The van der Waals surface area contributed by atoms with Gasteiger partial charge in [0.2, 0.25) is 26.6 Å². The number of benzene rings is 2. The maximum absolute atomic E-state index is 13.2. The lowest BCUT2D eigenvalue weighted by molar-refractivity contribution is 0.450. The Balaban J connectivity index is 1.77. The molecule has 0 spiro atoms. The van der Waals surface area contributed by atoms with E-state index < -0.39 is 9.84 Å². The fourth-order valence-corrected chi connectivity index (χ4v) is 4.71. The molecule has 1 saturated carbocycles. The zero-order valence-corrected chi connectivity index (χ0v) is 15.8. The Kier molecular flexibility index (Phi) is 4.99. The summed E-state index contributed by atoms with van der Waals surface area (Å²) in [4.78, 5) is 4.59. The van der Waals surface area contributed by atoms with Crippen LogP contribution in [0.25, 0.3) is 11.5 Å². The third-order valence-electron chi connectivity index (χ3n) is 4.87. The molecule has 1 aliphatic rings. The molecular weight excluding hydrogens is 360 g/mol. The van der Waals surface area contributed by atoms with Crippen molar-refractivity contribution in [1.29, 1.82) is 0 Å². The van der Waals surface area contributed by atoms with Crippen molar-refractivity contribution < 1.29 is 12.8 Å². The predicted octanol–water partition coefficient (Wildman–Crippen LogP) is 4.92. The standard InChI is InChI=1S/C21H22N2O3S/c24-27(25,18-14-8-3-9-15-18)21-20(22-17-12-6-2-7-13-17)26-19(23-21)16-10-4-1-5-11-16/h1,3-5,8-11,14-15,17,22H,2,6-7,12-13H2. The summed E-state index contributed by atoms with van der Waals surface area (Å²) in [6.07, 6.45) is 5.51. The third kappa shape index (κ3) is 3.76. The number of hydrogen-bond donors (Lipinski definition) is 1. The van der Waals surface area contributed by atoms with Crippen molar-refractivity contribution in [2.75, 3.05) is 5.32 Å². The van der Waals surface area contributed by atoms with Crippen LogP contribution in [0.3, 0.4) is 0 Å². The molecule has 0 atom stereocenters. The van der Waals surface area contributed by atoms with Crippen LogP contribution in [0.4, 0.5) is 5.88 Å². The van der Waals surface area contributed by atoms with Crippen LogP contribution in [-0.4, -0.2) is 19.4 Å². The number of oxazole rings is 1. The number of rotatable bonds is 5. The molecular formula is C21H22N2O3S. The first-order valence-corrected chi connectivity index (χ1v) is 10.8. The van der Waals surface area contributed by atoms with Crippen LogP contribution < -0.4 is 5.32 Å². The smallest absolute Gasteiger partial charge is 0.234 e. The summed E-state index contributed by atoms with van der Waals surface area (Å²) in [7, 11) is -3.77. The van der Waals surface area contributed by atoms with Crippen molar-refractivity contribution in [1.82, 2.24) is 4.98 Å². The van der Waals surface area contributed by atoms with Gasteiger partial charge in [-0.1, -0.05) is 55.7 Å². The highest BCUT2D eigenvalue weighted by Gasteiger charge is 2.29. The molecule has 1 aromatic heterocycles. The Morgan fingerprint density at radius 2 is 1.52 bits per heavy atom. The number of anilines is 1. The minimum absolute atomic E-state index is 0.0434. The number of nitrogens with zero attached hydrogens (tertiary/aromatic N) is 1. The first-order valence-electron chi connectivity index (χ1n) is 9.27. The second kappa shape index (κ2) is 7.56. The average Bonchev–Trinajstić information content (AvgIpc) is 3.15. The molecule has 0 amide bonds. The maximum Gasteiger partial charge on any atom is 0.234 e. The van der Waals surface area contributed by atoms with Gasteiger partial charge in [-0.05, 0) is 37.1 Å². The largest absolute Gasteiger partial charge is 0.419 e. The summed E-state index contributed by atoms with van der Waals surface area (Å²) >= 11 is 0. The summed E-state index contributed by atoms with van der Waals surface area (Å²) < 4.78 is 32.3. The van der Waals surface area contributed by atoms with Gasteiger partial charge in [-0.3, -0.25) is 0 Å². The van der Waals surface area contributed by atoms with Crippen LogP contribution in [-0.2, 0) is 9.84 Å². The Labute approximate surface area is 159 Å². The summed E-state index contributed by atoms with van der Waals surface area (Å²) in [6, 6.07) is 17.9. The highest BCUT2D eigenvalue weighted by molar-refractivity contribution is 7.91. The van der Waals surface area contributed by atoms with E-state index in [2.05, 4.69) is 10.3 Å². The molecule has 5 nitrogen and oxygen atoms in total. The van der Waals surface area contributed by atoms with Gasteiger partial charge in [0, 0.05) is 11.6 Å². The first kappa shape index (κ1) is 17.8. The lowest BCUT2D eigenvalue weighted by Crippen LogP contribution is -2.23. The van der Waals surface area contributed by atoms with Gasteiger partial charge < -0.3 is 9.73 Å². The van der Waals surface area contributed by atoms with Crippen LogP contribution >= 0.6 is 0 Å². The van der Waals surface area contributed by atoms with E-state index in [-0.39, 0.29) is 21.8 Å². The quantitative estimate of drug-likeness (QED) is 0.678. The Morgan fingerprint density at radius 1 is 0.889 bits per heavy atom. The topological polar surface area (TPSA) is 72.2 Å². The molecule has 0 unspecified atom stereocenters. The summed E-state index contributed by atoms with van der Waals surface area (Å²) in [6.45, 7) is 0. The van der Waals surface area contributed by atoms with Crippen molar-refractivity contribution in [3.05, 3.63) is 60.7 Å². The van der Waals surface area contributed by atoms with Crippen LogP contribution in [0.5, 0.6) is 0 Å². The second-order valence-corrected chi connectivity index (χ2v) is 8.68. The van der Waals surface area contributed by atoms with E-state index in [1.807, 2.05) is 30.3 Å². The molecule has 3 aromatic rings. The zero-order valence-electron chi connectivity index (χ0n) is 15.0. The van der Waals surface area contributed by atoms with E-state index in [1.165, 1.54) is 6.42 Å². The lowest BCUT2D eigenvalue weighted by atomic mass is 9.96. The molecule has 1 N–H and O–H groups in total. The van der Waals surface area contributed by atoms with Crippen molar-refractivity contribution in [2.45, 2.75) is 48.1 Å². The summed E-state index contributed by atoms with van der Waals surface area (Å²) in [5.41, 5.74) is 0.749. The Bertz CT molecular complexity index is 992. The highest BCUT2D eigenvalue weighted by atomic mass is 32.2. The SMILES string of the molecule is O=S(=O)(c1ccccc1)c1nc(-c2ccccc2)oc1NC1CCCCC1. The van der Waals surface area contributed by atoms with Gasteiger partial charge >= 0.3 is 0 Å². The van der Waals surface area contributed by atoms with Gasteiger partial charge in [-0.25, -0.2) is 8.42 Å². The third-order valence-corrected chi connectivity index (χ3v) is 6.54. The predicted molar refractivity (Wildman–Crippen MR) is 104 cm³/mol. The molecule has 0 bridgehead atoms. The molecule has 6 heteroatoms. The van der Waals surface area contributed by atoms with Gasteiger partial charge in [0.15, 0.2) is 0 Å². The summed E-state index contributed by atoms with van der Waals surface area (Å²) in [5.74, 6) is 0.549. The van der Waals surface area contributed by atoms with E-state index in [4.69, 9.17) is 4.42 Å². The normalized spacial score (nSPS) is 15.6. The second-order valence-electron chi connectivity index (χ2n) is 6.82. The monoisotopic (exact) mass is 382 g/mol. The van der Waals surface area contributed by atoms with Gasteiger partial charge in [0.1, 0.15) is 0 Å². The van der Waals surface area contributed by atoms with E-state index in [0.29, 0.717) is 5.89 Å². The van der Waals surface area contributed by atoms with Crippen LogP contribution in [0.15, 0.2) is 75.0 Å². The average molecular weight is 382 g/mol. The minimum atomic E-state index is -3.77. The molecule has 2 aromatic carbocycles. The van der Waals surface area contributed by atoms with Crippen LogP contribution in [0.2, 0.25) is 0 Å². The van der Waals surface area contributed by atoms with E-state index in [1.54, 1.807) is 30.3 Å². The molecule has 140 valence electrons. The van der Waals surface area contributed by atoms with Crippen LogP contribution in [0.1, 0.15) is 32.1 Å². The van der Waals surface area contributed by atoms with E-state index in [0.717, 1.165) is 31.2 Å². The number of hydrogen-bond acceptors (Lipinski definition) is 5. The molecule has 0 radical (unpaired) electrons. The van der Waals surface area contributed by atoms with Gasteiger partial charge in [0.25, 0.3) is 0 Å². The Morgan fingerprint density at radius 3 is 2.19 bits per heavy atom. The van der Waals surface area contributed by atoms with Crippen molar-refractivity contribution in [2.24, 2.45) is 0 Å². The molecule has 0 saturated heterocycles. The van der Waals surface area contributed by atoms with Crippen molar-refractivity contribution in [3.8, 4) is 11.5 Å². The molecule has 0 aliphatic heterocycles. The summed E-state index contributed by atoms with van der Waals surface area (Å²) in [5, 5.41) is 3.26. The fraction of sp³-hybridized carbons (Fsp3) is 0.286. The lowest BCUT2D eigenvalue weighted by Gasteiger charge is -2.22. The van der Waals surface area contributed by atoms with Crippen molar-refractivity contribution >= 4 is 15.7 Å². The Hall–Kier alpha value is -2.60. The molecule has 27 heavy (non-hydrogen) atoms. The molecule has 1 heterocycles. The number of aromatic nitrogens is 1. The number of nitrogens with one attached hydrogen (secondary N) is 1. The maximum atomic E-state index is 13.2. The van der Waals surface area contributed by atoms with Crippen molar-refractivity contribution in [3.63, 3.8) is 0 Å². The molecule has 1 fully saturated rings. The number of sulfone groups is 1. The van der Waals surface area contributed by atoms with E-state index in [9.17, 15) is 8.42 Å². The zero-order chi connectivity index (χ0) is 18.7. The highest BCUT2D eigenvalue weighted by Crippen LogP contribution is 2.34. The van der Waals surface area contributed by atoms with Crippen LogP contribution in [0, 0.1) is 0 Å². The minimum Gasteiger partial charge on any atom is -0.419 e. The van der Waals surface area contributed by atoms with E-state index >= 15 is 0 Å². The fourth-order valence-electron chi connectivity index (χ4n) is 3.43. The van der Waals surface area contributed by atoms with Gasteiger partial charge in [-0.15, -0.1) is 0 Å². The molecule has 1 aliphatic carbocycles. The first-order chi connectivity index (χ1) is 13.1.